The van der Waals surface area contributed by atoms with Gasteiger partial charge in [-0.05, 0) is 58.3 Å². The molecule has 0 N–H and O–H groups in total. The van der Waals surface area contributed by atoms with E-state index in [9.17, 15) is 9.59 Å². The Morgan fingerprint density at radius 1 is 1.26 bits per heavy atom. The average Bonchev–Trinajstić information content (AvgIpc) is 3.16. The minimum absolute atomic E-state index is 0.198. The quantitative estimate of drug-likeness (QED) is 0.239. The van der Waals surface area contributed by atoms with Crippen LogP contribution in [0, 0.1) is 3.57 Å². The number of halogens is 1. The third-order valence-electron chi connectivity index (χ3n) is 5.38. The molecule has 1 aromatic heterocycles. The molecule has 0 radical (unpaired) electrons. The van der Waals surface area contributed by atoms with Gasteiger partial charge in [0.25, 0.3) is 5.56 Å². The molecule has 8 heteroatoms. The van der Waals surface area contributed by atoms with Gasteiger partial charge in [0.1, 0.15) is 12.4 Å². The van der Waals surface area contributed by atoms with Gasteiger partial charge in [0.15, 0.2) is 4.80 Å². The number of allylic oxidation sites excluding steroid dienone is 1. The normalized spacial score (nSPS) is 15.5. The van der Waals surface area contributed by atoms with Crippen LogP contribution in [0.2, 0.25) is 0 Å². The Kier molecular flexibility index (Phi) is 7.47. The lowest BCUT2D eigenvalue weighted by molar-refractivity contribution is -0.136. The van der Waals surface area contributed by atoms with Crippen molar-refractivity contribution in [2.45, 2.75) is 19.4 Å². The standard InChI is InChI=1S/C26H23IN2O4S/c1-4-13-33-20-12-11-16(14-18(20)27)15-21-24(30)29-23(17-9-7-6-8-10-17)22(25(31)32-3)19(5-2)28-26(29)34-21/h4,6-12,14-15,23H,1,5,13H2,2-3H3/b21-15-/t23-/m0/s1. The largest absolute Gasteiger partial charge is 0.488 e. The maximum atomic E-state index is 13.6. The fraction of sp³-hybridized carbons (Fsp3) is 0.192. The summed E-state index contributed by atoms with van der Waals surface area (Å²) in [6.07, 6.45) is 4.09. The first-order valence-corrected chi connectivity index (χ1v) is 12.6. The van der Waals surface area contributed by atoms with Crippen molar-refractivity contribution in [3.63, 3.8) is 0 Å². The van der Waals surface area contributed by atoms with Crippen molar-refractivity contribution in [2.24, 2.45) is 4.99 Å². The summed E-state index contributed by atoms with van der Waals surface area (Å²) in [6, 6.07) is 14.7. The number of hydrogen-bond donors (Lipinski definition) is 0. The van der Waals surface area contributed by atoms with Gasteiger partial charge in [0, 0.05) is 0 Å². The van der Waals surface area contributed by atoms with Crippen LogP contribution in [0.15, 0.2) is 82.2 Å². The van der Waals surface area contributed by atoms with E-state index in [0.717, 1.165) is 20.4 Å². The smallest absolute Gasteiger partial charge is 0.338 e. The van der Waals surface area contributed by atoms with Crippen LogP contribution >= 0.6 is 33.9 Å². The van der Waals surface area contributed by atoms with Crippen LogP contribution in [-0.4, -0.2) is 24.3 Å². The molecule has 0 saturated heterocycles. The highest BCUT2D eigenvalue weighted by molar-refractivity contribution is 14.1. The van der Waals surface area contributed by atoms with Crippen LogP contribution in [0.25, 0.3) is 6.08 Å². The number of esters is 1. The first-order chi connectivity index (χ1) is 16.5. The molecule has 4 rings (SSSR count). The number of nitrogens with zero attached hydrogens (tertiary/aromatic N) is 2. The fourth-order valence-corrected chi connectivity index (χ4v) is 5.55. The van der Waals surface area contributed by atoms with Gasteiger partial charge in [0.05, 0.1) is 32.5 Å². The van der Waals surface area contributed by atoms with Crippen LogP contribution in [0.3, 0.4) is 0 Å². The summed E-state index contributed by atoms with van der Waals surface area (Å²) in [6.45, 7) is 6.04. The highest BCUT2D eigenvalue weighted by Crippen LogP contribution is 2.31. The van der Waals surface area contributed by atoms with E-state index >= 15 is 0 Å². The number of rotatable bonds is 7. The summed E-state index contributed by atoms with van der Waals surface area (Å²) in [5.41, 5.74) is 2.53. The molecule has 174 valence electrons. The molecule has 1 atom stereocenters. The van der Waals surface area contributed by atoms with Crippen molar-refractivity contribution in [1.82, 2.24) is 4.57 Å². The van der Waals surface area contributed by atoms with Crippen LogP contribution in [-0.2, 0) is 9.53 Å². The third kappa shape index (κ3) is 4.65. The molecule has 0 amide bonds. The molecule has 0 spiro atoms. The Morgan fingerprint density at radius 2 is 2.03 bits per heavy atom. The number of carbonyl (C=O) groups is 1. The molecule has 2 aromatic carbocycles. The lowest BCUT2D eigenvalue weighted by Crippen LogP contribution is -2.40. The Hall–Kier alpha value is -2.98. The Bertz CT molecular complexity index is 1450. The molecule has 2 heterocycles. The van der Waals surface area contributed by atoms with E-state index in [-0.39, 0.29) is 5.56 Å². The Labute approximate surface area is 214 Å². The molecule has 0 unspecified atom stereocenters. The van der Waals surface area contributed by atoms with Gasteiger partial charge in [-0.25, -0.2) is 9.79 Å². The fourth-order valence-electron chi connectivity index (χ4n) is 3.84. The van der Waals surface area contributed by atoms with Gasteiger partial charge in [-0.2, -0.15) is 0 Å². The molecule has 0 saturated carbocycles. The van der Waals surface area contributed by atoms with Crippen molar-refractivity contribution in [1.29, 1.82) is 0 Å². The zero-order valence-electron chi connectivity index (χ0n) is 18.8. The minimum atomic E-state index is -0.600. The van der Waals surface area contributed by atoms with Gasteiger partial charge < -0.3 is 9.47 Å². The molecule has 0 bridgehead atoms. The molecular formula is C26H23IN2O4S. The molecule has 6 nitrogen and oxygen atoms in total. The van der Waals surface area contributed by atoms with Gasteiger partial charge in [0.2, 0.25) is 0 Å². The Balaban J connectivity index is 1.89. The van der Waals surface area contributed by atoms with E-state index in [2.05, 4.69) is 34.2 Å². The topological polar surface area (TPSA) is 69.9 Å². The maximum Gasteiger partial charge on any atom is 0.338 e. The number of fused-ring (bicyclic) bond motifs is 1. The van der Waals surface area contributed by atoms with Crippen LogP contribution < -0.4 is 19.6 Å². The van der Waals surface area contributed by atoms with E-state index in [1.807, 2.05) is 61.5 Å². The number of hydrogen-bond acceptors (Lipinski definition) is 6. The van der Waals surface area contributed by atoms with Crippen molar-refractivity contribution >= 4 is 46.0 Å². The van der Waals surface area contributed by atoms with E-state index in [0.29, 0.717) is 33.6 Å². The van der Waals surface area contributed by atoms with Gasteiger partial charge in [-0.1, -0.05) is 67.3 Å². The summed E-state index contributed by atoms with van der Waals surface area (Å²) < 4.78 is 13.8. The van der Waals surface area contributed by atoms with Crippen molar-refractivity contribution in [3.05, 3.63) is 107 Å². The summed E-state index contributed by atoms with van der Waals surface area (Å²) in [5, 5.41) is 0. The lowest BCUT2D eigenvalue weighted by Gasteiger charge is -2.25. The molecule has 0 aliphatic carbocycles. The monoisotopic (exact) mass is 586 g/mol. The van der Waals surface area contributed by atoms with E-state index < -0.39 is 12.0 Å². The van der Waals surface area contributed by atoms with Crippen LogP contribution in [0.1, 0.15) is 30.5 Å². The van der Waals surface area contributed by atoms with E-state index in [1.165, 1.54) is 18.4 Å². The predicted molar refractivity (Wildman–Crippen MR) is 142 cm³/mol. The summed E-state index contributed by atoms with van der Waals surface area (Å²) in [5.74, 6) is 0.284. The molecular weight excluding hydrogens is 563 g/mol. The molecule has 0 fully saturated rings. The van der Waals surface area contributed by atoms with Gasteiger partial charge in [-0.15, -0.1) is 0 Å². The lowest BCUT2D eigenvalue weighted by atomic mass is 9.95. The third-order valence-corrected chi connectivity index (χ3v) is 7.20. The molecule has 34 heavy (non-hydrogen) atoms. The van der Waals surface area contributed by atoms with Crippen LogP contribution in [0.5, 0.6) is 5.75 Å². The van der Waals surface area contributed by atoms with E-state index in [1.54, 1.807) is 10.6 Å². The zero-order valence-corrected chi connectivity index (χ0v) is 21.8. The second-order valence-electron chi connectivity index (χ2n) is 7.49. The number of benzene rings is 2. The molecule has 3 aromatic rings. The average molecular weight is 586 g/mol. The second-order valence-corrected chi connectivity index (χ2v) is 9.66. The first-order valence-electron chi connectivity index (χ1n) is 10.7. The van der Waals surface area contributed by atoms with Gasteiger partial charge >= 0.3 is 5.97 Å². The predicted octanol–water partition coefficient (Wildman–Crippen LogP) is 3.97. The second kappa shape index (κ2) is 10.5. The summed E-state index contributed by atoms with van der Waals surface area (Å²) >= 11 is 3.53. The van der Waals surface area contributed by atoms with Crippen molar-refractivity contribution in [3.8, 4) is 5.75 Å². The number of methoxy groups -OCH3 is 1. The highest BCUT2D eigenvalue weighted by atomic mass is 127. The number of carbonyl (C=O) groups excluding carboxylic acids is 1. The molecule has 1 aliphatic heterocycles. The number of aromatic nitrogens is 1. The highest BCUT2D eigenvalue weighted by Gasteiger charge is 2.33. The Morgan fingerprint density at radius 3 is 2.68 bits per heavy atom. The minimum Gasteiger partial charge on any atom is -0.488 e. The van der Waals surface area contributed by atoms with Crippen molar-refractivity contribution < 1.29 is 14.3 Å². The van der Waals surface area contributed by atoms with Crippen molar-refractivity contribution in [2.75, 3.05) is 13.7 Å². The SMILES string of the molecule is C=CCOc1ccc(/C=c2\sc3n(c2=O)[C@@H](c2ccccc2)C(C(=O)OC)=C(CC)N=3)cc1I. The van der Waals surface area contributed by atoms with Gasteiger partial charge in [-0.3, -0.25) is 9.36 Å². The summed E-state index contributed by atoms with van der Waals surface area (Å²) in [4.78, 5) is 31.7. The van der Waals surface area contributed by atoms with Crippen LogP contribution in [0.4, 0.5) is 0 Å². The first kappa shape index (κ1) is 24.2. The maximum absolute atomic E-state index is 13.6. The number of thiazole rings is 1. The summed E-state index contributed by atoms with van der Waals surface area (Å²) in [7, 11) is 1.35. The zero-order chi connectivity index (χ0) is 24.2. The molecule has 1 aliphatic rings. The van der Waals surface area contributed by atoms with E-state index in [4.69, 9.17) is 9.47 Å². The number of ether oxygens (including phenoxy) is 2.